The molecule has 2 nitrogen and oxygen atoms in total. The molecule has 17 heavy (non-hydrogen) atoms. The van der Waals surface area contributed by atoms with Gasteiger partial charge in [-0.15, -0.1) is 0 Å². The van der Waals surface area contributed by atoms with Crippen molar-refractivity contribution >= 4 is 0 Å². The Morgan fingerprint density at radius 1 is 0.824 bits per heavy atom. The largest absolute Gasteiger partial charge is 0.507 e. The summed E-state index contributed by atoms with van der Waals surface area (Å²) in [7, 11) is 0. The van der Waals surface area contributed by atoms with Gasteiger partial charge < -0.3 is 10.2 Å². The molecule has 0 aliphatic carbocycles. The van der Waals surface area contributed by atoms with E-state index in [1.54, 1.807) is 6.07 Å². The SMILES string of the molecule is Cc1ccc(O)c(-c2ccc(C)c(C)c2O)c1. The van der Waals surface area contributed by atoms with Crippen LogP contribution in [0.2, 0.25) is 0 Å². The van der Waals surface area contributed by atoms with Crippen LogP contribution in [0.1, 0.15) is 16.7 Å². The van der Waals surface area contributed by atoms with Crippen LogP contribution in [0.15, 0.2) is 30.3 Å². The van der Waals surface area contributed by atoms with Crippen molar-refractivity contribution in [3.8, 4) is 22.6 Å². The summed E-state index contributed by atoms with van der Waals surface area (Å²) >= 11 is 0. The molecule has 2 rings (SSSR count). The van der Waals surface area contributed by atoms with Gasteiger partial charge in [0.1, 0.15) is 11.5 Å². The number of hydrogen-bond donors (Lipinski definition) is 2. The molecule has 0 saturated carbocycles. The highest BCUT2D eigenvalue weighted by Gasteiger charge is 2.12. The molecule has 88 valence electrons. The monoisotopic (exact) mass is 228 g/mol. The molecule has 0 atom stereocenters. The summed E-state index contributed by atoms with van der Waals surface area (Å²) in [4.78, 5) is 0. The molecule has 2 aromatic rings. The summed E-state index contributed by atoms with van der Waals surface area (Å²) in [5, 5.41) is 20.0. The standard InChI is InChI=1S/C15H16O2/c1-9-4-7-14(16)13(8-9)12-6-5-10(2)11(3)15(12)17/h4-8,16-17H,1-3H3. The fraction of sp³-hybridized carbons (Fsp3) is 0.200. The molecule has 0 bridgehead atoms. The quantitative estimate of drug-likeness (QED) is 0.781. The van der Waals surface area contributed by atoms with Gasteiger partial charge in [0.2, 0.25) is 0 Å². The highest BCUT2D eigenvalue weighted by Crippen LogP contribution is 2.38. The Morgan fingerprint density at radius 3 is 2.24 bits per heavy atom. The molecule has 2 N–H and O–H groups in total. The minimum atomic E-state index is 0.189. The lowest BCUT2D eigenvalue weighted by Gasteiger charge is -2.11. The van der Waals surface area contributed by atoms with Gasteiger partial charge in [0.25, 0.3) is 0 Å². The van der Waals surface area contributed by atoms with E-state index in [1.807, 2.05) is 45.0 Å². The third-order valence-electron chi connectivity index (χ3n) is 3.14. The second-order valence-corrected chi connectivity index (χ2v) is 4.42. The lowest BCUT2D eigenvalue weighted by atomic mass is 9.97. The second-order valence-electron chi connectivity index (χ2n) is 4.42. The van der Waals surface area contributed by atoms with Gasteiger partial charge in [-0.2, -0.15) is 0 Å². The van der Waals surface area contributed by atoms with Gasteiger partial charge in [0, 0.05) is 11.1 Å². The molecule has 0 aliphatic rings. The van der Waals surface area contributed by atoms with Gasteiger partial charge in [-0.25, -0.2) is 0 Å². The Hall–Kier alpha value is -1.96. The second kappa shape index (κ2) is 4.13. The first-order chi connectivity index (χ1) is 8.00. The van der Waals surface area contributed by atoms with Crippen LogP contribution in [0.5, 0.6) is 11.5 Å². The fourth-order valence-electron chi connectivity index (χ4n) is 1.88. The number of phenols is 2. The van der Waals surface area contributed by atoms with E-state index in [0.717, 1.165) is 16.7 Å². The number of benzene rings is 2. The van der Waals surface area contributed by atoms with Crippen LogP contribution < -0.4 is 0 Å². The van der Waals surface area contributed by atoms with Gasteiger partial charge in [-0.05, 0) is 44.0 Å². The van der Waals surface area contributed by atoms with Crippen LogP contribution in [-0.2, 0) is 0 Å². The smallest absolute Gasteiger partial charge is 0.126 e. The lowest BCUT2D eigenvalue weighted by molar-refractivity contribution is 0.466. The molecule has 0 heterocycles. The first-order valence-corrected chi connectivity index (χ1v) is 5.60. The maximum Gasteiger partial charge on any atom is 0.126 e. The summed E-state index contributed by atoms with van der Waals surface area (Å²) in [5.41, 5.74) is 4.29. The van der Waals surface area contributed by atoms with E-state index in [1.165, 1.54) is 0 Å². The molecule has 0 unspecified atom stereocenters. The van der Waals surface area contributed by atoms with Crippen molar-refractivity contribution in [2.45, 2.75) is 20.8 Å². The summed E-state index contributed by atoms with van der Waals surface area (Å²) in [6.07, 6.45) is 0. The van der Waals surface area contributed by atoms with E-state index in [2.05, 4.69) is 0 Å². The molecule has 2 aromatic carbocycles. The van der Waals surface area contributed by atoms with Crippen LogP contribution >= 0.6 is 0 Å². The zero-order valence-corrected chi connectivity index (χ0v) is 10.3. The number of phenolic OH excluding ortho intramolecular Hbond substituents is 2. The van der Waals surface area contributed by atoms with Gasteiger partial charge in [-0.3, -0.25) is 0 Å². The van der Waals surface area contributed by atoms with Crippen molar-refractivity contribution in [2.24, 2.45) is 0 Å². The van der Waals surface area contributed by atoms with Gasteiger partial charge in [0.15, 0.2) is 0 Å². The van der Waals surface area contributed by atoms with Crippen LogP contribution in [0.4, 0.5) is 0 Å². The third kappa shape index (κ3) is 1.98. The van der Waals surface area contributed by atoms with Crippen LogP contribution in [0.3, 0.4) is 0 Å². The van der Waals surface area contributed by atoms with Crippen molar-refractivity contribution in [1.29, 1.82) is 0 Å². The molecular weight excluding hydrogens is 212 g/mol. The predicted octanol–water partition coefficient (Wildman–Crippen LogP) is 3.69. The zero-order chi connectivity index (χ0) is 12.6. The average Bonchev–Trinajstić information content (AvgIpc) is 2.30. The molecule has 0 aromatic heterocycles. The predicted molar refractivity (Wildman–Crippen MR) is 69.4 cm³/mol. The molecule has 0 fully saturated rings. The Balaban J connectivity index is 2.69. The van der Waals surface area contributed by atoms with E-state index in [0.29, 0.717) is 11.1 Å². The first-order valence-electron chi connectivity index (χ1n) is 5.60. The van der Waals surface area contributed by atoms with Gasteiger partial charge in [0.05, 0.1) is 0 Å². The van der Waals surface area contributed by atoms with Crippen molar-refractivity contribution < 1.29 is 10.2 Å². The average molecular weight is 228 g/mol. The van der Waals surface area contributed by atoms with E-state index in [4.69, 9.17) is 0 Å². The van der Waals surface area contributed by atoms with Gasteiger partial charge >= 0.3 is 0 Å². The molecule has 0 aliphatic heterocycles. The normalized spacial score (nSPS) is 10.5. The molecule has 0 amide bonds. The number of aromatic hydroxyl groups is 2. The van der Waals surface area contributed by atoms with Crippen molar-refractivity contribution in [1.82, 2.24) is 0 Å². The van der Waals surface area contributed by atoms with E-state index in [9.17, 15) is 10.2 Å². The van der Waals surface area contributed by atoms with E-state index >= 15 is 0 Å². The number of aryl methyl sites for hydroxylation is 2. The minimum Gasteiger partial charge on any atom is -0.507 e. The summed E-state index contributed by atoms with van der Waals surface area (Å²) < 4.78 is 0. The Bertz CT molecular complexity index is 571. The highest BCUT2D eigenvalue weighted by atomic mass is 16.3. The Kier molecular flexibility index (Phi) is 2.80. The summed E-state index contributed by atoms with van der Waals surface area (Å²) in [6, 6.07) is 9.16. The van der Waals surface area contributed by atoms with Crippen LogP contribution in [-0.4, -0.2) is 10.2 Å². The first kappa shape index (κ1) is 11.5. The maximum atomic E-state index is 10.1. The topological polar surface area (TPSA) is 40.5 Å². The summed E-state index contributed by atoms with van der Waals surface area (Å²) in [6.45, 7) is 5.79. The lowest BCUT2D eigenvalue weighted by Crippen LogP contribution is -1.87. The van der Waals surface area contributed by atoms with Gasteiger partial charge in [-0.1, -0.05) is 23.8 Å². The minimum absolute atomic E-state index is 0.189. The van der Waals surface area contributed by atoms with Crippen molar-refractivity contribution in [3.05, 3.63) is 47.0 Å². The Labute approximate surface area is 101 Å². The van der Waals surface area contributed by atoms with Crippen LogP contribution in [0, 0.1) is 20.8 Å². The Morgan fingerprint density at radius 2 is 1.53 bits per heavy atom. The third-order valence-corrected chi connectivity index (χ3v) is 3.14. The fourth-order valence-corrected chi connectivity index (χ4v) is 1.88. The van der Waals surface area contributed by atoms with Crippen molar-refractivity contribution in [2.75, 3.05) is 0 Å². The van der Waals surface area contributed by atoms with E-state index < -0.39 is 0 Å². The molecule has 0 spiro atoms. The molecule has 0 saturated heterocycles. The van der Waals surface area contributed by atoms with E-state index in [-0.39, 0.29) is 11.5 Å². The number of rotatable bonds is 1. The van der Waals surface area contributed by atoms with Crippen LogP contribution in [0.25, 0.3) is 11.1 Å². The molecule has 0 radical (unpaired) electrons. The van der Waals surface area contributed by atoms with Crippen molar-refractivity contribution in [3.63, 3.8) is 0 Å². The highest BCUT2D eigenvalue weighted by molar-refractivity contribution is 5.77. The molecular formula is C15H16O2. The number of hydrogen-bond acceptors (Lipinski definition) is 2. The molecule has 2 heteroatoms. The zero-order valence-electron chi connectivity index (χ0n) is 10.3. The summed E-state index contributed by atoms with van der Waals surface area (Å²) in [5.74, 6) is 0.431. The maximum absolute atomic E-state index is 10.1.